The number of rotatable bonds is 12. The molecule has 0 heterocycles. The molecule has 0 amide bonds. The Labute approximate surface area is 347 Å². The summed E-state index contributed by atoms with van der Waals surface area (Å²) < 4.78 is 11.4. The van der Waals surface area contributed by atoms with Crippen molar-refractivity contribution in [2.24, 2.45) is 0 Å². The highest BCUT2D eigenvalue weighted by Crippen LogP contribution is 2.49. The van der Waals surface area contributed by atoms with E-state index in [0.29, 0.717) is 34.0 Å². The van der Waals surface area contributed by atoms with Crippen molar-refractivity contribution in [3.05, 3.63) is 117 Å². The molecule has 0 unspecified atom stereocenters. The molecule has 0 aliphatic heterocycles. The molecule has 0 aromatic heterocycles. The number of hydrogen-bond donors (Lipinski definition) is 4. The third-order valence-corrected chi connectivity index (χ3v) is 10.9. The van der Waals surface area contributed by atoms with Crippen molar-refractivity contribution in [2.45, 2.75) is 118 Å². The van der Waals surface area contributed by atoms with Crippen molar-refractivity contribution in [3.63, 3.8) is 0 Å². The third kappa shape index (κ3) is 10.9. The zero-order valence-corrected chi connectivity index (χ0v) is 37.2. The largest absolute Gasteiger partial charge is 0.507 e. The number of aromatic hydroxyl groups is 2. The quantitative estimate of drug-likeness (QED) is 0.0630. The summed E-state index contributed by atoms with van der Waals surface area (Å²) in [5, 5.41) is 22.3. The summed E-state index contributed by atoms with van der Waals surface area (Å²) in [5.74, 6) is 1.49. The molecule has 0 saturated heterocycles. The maximum absolute atomic E-state index is 12.7. The Morgan fingerprint density at radius 1 is 0.569 bits per heavy atom. The van der Waals surface area contributed by atoms with Crippen LogP contribution in [0.4, 0.5) is 11.4 Å². The molecule has 8 nitrogen and oxygen atoms in total. The van der Waals surface area contributed by atoms with Crippen LogP contribution in [0.3, 0.4) is 0 Å². The van der Waals surface area contributed by atoms with Crippen molar-refractivity contribution < 1.29 is 29.3 Å². The number of ketones is 2. The minimum absolute atomic E-state index is 0.113. The lowest BCUT2D eigenvalue weighted by Crippen LogP contribution is -2.22. The molecule has 0 radical (unpaired) electrons. The predicted octanol–water partition coefficient (Wildman–Crippen LogP) is 11.7. The third-order valence-electron chi connectivity index (χ3n) is 10.9. The van der Waals surface area contributed by atoms with Crippen molar-refractivity contribution in [1.29, 1.82) is 0 Å². The monoisotopic (exact) mass is 790 g/mol. The van der Waals surface area contributed by atoms with Gasteiger partial charge in [0.1, 0.15) is 23.0 Å². The molecule has 58 heavy (non-hydrogen) atoms. The number of carbonyl (C=O) groups excluding carboxylic acids is 2. The Morgan fingerprint density at radius 3 is 1.28 bits per heavy atom. The van der Waals surface area contributed by atoms with E-state index in [2.05, 4.69) is 41.5 Å². The highest BCUT2D eigenvalue weighted by atomic mass is 16.5. The summed E-state index contributed by atoms with van der Waals surface area (Å²) in [6.07, 6.45) is 8.31. The summed E-state index contributed by atoms with van der Waals surface area (Å²) in [6.45, 7) is 24.9. The fourth-order valence-corrected chi connectivity index (χ4v) is 6.64. The number of phenols is 2. The van der Waals surface area contributed by atoms with Gasteiger partial charge in [0.05, 0.1) is 14.2 Å². The Morgan fingerprint density at radius 2 is 0.931 bits per heavy atom. The van der Waals surface area contributed by atoms with Crippen LogP contribution in [-0.4, -0.2) is 36.0 Å². The lowest BCUT2D eigenvalue weighted by molar-refractivity contribution is 0.103. The van der Waals surface area contributed by atoms with Crippen LogP contribution in [0.25, 0.3) is 12.2 Å². The van der Waals surface area contributed by atoms with Crippen molar-refractivity contribution in [2.75, 3.05) is 25.7 Å². The highest BCUT2D eigenvalue weighted by Gasteiger charge is 2.34. The van der Waals surface area contributed by atoms with E-state index >= 15 is 0 Å². The molecule has 0 aliphatic rings. The molecule has 4 aromatic rings. The number of anilines is 2. The van der Waals surface area contributed by atoms with Crippen LogP contribution in [0.5, 0.6) is 23.0 Å². The number of nitrogen functional groups attached to an aromatic ring is 2. The maximum atomic E-state index is 12.7. The first-order valence-corrected chi connectivity index (χ1v) is 19.9. The van der Waals surface area contributed by atoms with E-state index in [4.69, 9.17) is 20.9 Å². The normalized spacial score (nSPS) is 12.4. The summed E-state index contributed by atoms with van der Waals surface area (Å²) in [6, 6.07) is 17.5. The average Bonchev–Trinajstić information content (AvgIpc) is 3.15. The lowest BCUT2D eigenvalue weighted by Gasteiger charge is -2.32. The van der Waals surface area contributed by atoms with Crippen molar-refractivity contribution >= 4 is 35.1 Å². The van der Waals surface area contributed by atoms with E-state index in [1.165, 1.54) is 6.08 Å². The van der Waals surface area contributed by atoms with Crippen LogP contribution in [0.1, 0.15) is 150 Å². The van der Waals surface area contributed by atoms with Gasteiger partial charge in [-0.25, -0.2) is 0 Å². The van der Waals surface area contributed by atoms with Crippen molar-refractivity contribution in [1.82, 2.24) is 0 Å². The van der Waals surface area contributed by atoms with Gasteiger partial charge >= 0.3 is 0 Å². The molecular formula is C50H66N2O6. The second-order valence-corrected chi connectivity index (χ2v) is 18.2. The van der Waals surface area contributed by atoms with Crippen LogP contribution in [0.15, 0.2) is 72.8 Å². The zero-order valence-electron chi connectivity index (χ0n) is 37.2. The molecule has 312 valence electrons. The standard InChI is InChI=1S/C26H35NO3.C24H31NO3/c1-8-25(3,4)20-16-18(12-15-21(28)17-10-13-19(27)14-11-17)24(30-7)22(23(20)29)26(5,6)9-2;1-23(2,3)18-14-16(22(28-7)20(21(18)27)24(4,5)6)10-13-19(26)15-8-11-17(25)12-9-15/h10-16,29H,8-9,27H2,1-7H3;8-14,27H,25H2,1-7H3/b15-12+;13-10+. The van der Waals surface area contributed by atoms with E-state index in [0.717, 1.165) is 46.2 Å². The molecule has 8 heteroatoms. The summed E-state index contributed by atoms with van der Waals surface area (Å²) in [7, 11) is 3.19. The Balaban J connectivity index is 0.000000311. The highest BCUT2D eigenvalue weighted by molar-refractivity contribution is 6.07. The molecule has 0 fully saturated rings. The molecule has 4 aromatic carbocycles. The molecule has 6 N–H and O–H groups in total. The first-order chi connectivity index (χ1) is 26.8. The molecule has 0 bridgehead atoms. The smallest absolute Gasteiger partial charge is 0.185 e. The fourth-order valence-electron chi connectivity index (χ4n) is 6.64. The summed E-state index contributed by atoms with van der Waals surface area (Å²) in [4.78, 5) is 25.2. The topological polar surface area (TPSA) is 145 Å². The zero-order chi connectivity index (χ0) is 44.0. The molecular weight excluding hydrogens is 725 g/mol. The van der Waals surface area contributed by atoms with Gasteiger partial charge in [-0.3, -0.25) is 9.59 Å². The van der Waals surface area contributed by atoms with Gasteiger partial charge in [-0.15, -0.1) is 0 Å². The van der Waals surface area contributed by atoms with Crippen LogP contribution in [-0.2, 0) is 21.7 Å². The van der Waals surface area contributed by atoms with Gasteiger partial charge in [-0.1, -0.05) is 83.1 Å². The van der Waals surface area contributed by atoms with E-state index in [-0.39, 0.29) is 44.7 Å². The SMILES string of the molecule is CCC(C)(C)c1cc(/C=C/C(=O)c2ccc(N)cc2)c(OC)c(C(C)(C)CC)c1O.COc1c(/C=C/C(=O)c2ccc(N)cc2)cc(C(C)(C)C)c(O)c1C(C)(C)C. The van der Waals surface area contributed by atoms with Gasteiger partial charge < -0.3 is 31.2 Å². The number of phenolic OH excluding ortho intramolecular Hbond substituents is 2. The summed E-state index contributed by atoms with van der Waals surface area (Å²) in [5.41, 5.74) is 17.4. The van der Waals surface area contributed by atoms with Gasteiger partial charge in [0.2, 0.25) is 0 Å². The van der Waals surface area contributed by atoms with Gasteiger partial charge in [0, 0.05) is 55.9 Å². The van der Waals surface area contributed by atoms with Gasteiger partial charge in [0.25, 0.3) is 0 Å². The first-order valence-electron chi connectivity index (χ1n) is 19.9. The second kappa shape index (κ2) is 18.4. The minimum atomic E-state index is -0.333. The predicted molar refractivity (Wildman–Crippen MR) is 242 cm³/mol. The van der Waals surface area contributed by atoms with Gasteiger partial charge in [-0.2, -0.15) is 0 Å². The number of hydrogen-bond acceptors (Lipinski definition) is 8. The van der Waals surface area contributed by atoms with E-state index in [1.54, 1.807) is 81.0 Å². The number of benzene rings is 4. The van der Waals surface area contributed by atoms with Crippen molar-refractivity contribution in [3.8, 4) is 23.0 Å². The minimum Gasteiger partial charge on any atom is -0.507 e. The van der Waals surface area contributed by atoms with E-state index in [1.807, 2.05) is 53.7 Å². The molecule has 0 saturated carbocycles. The number of ether oxygens (including phenoxy) is 2. The fraction of sp³-hybridized carbons (Fsp3) is 0.400. The molecule has 0 spiro atoms. The molecule has 4 rings (SSSR count). The van der Waals surface area contributed by atoms with E-state index < -0.39 is 0 Å². The van der Waals surface area contributed by atoms with Crippen LogP contribution >= 0.6 is 0 Å². The second-order valence-electron chi connectivity index (χ2n) is 18.2. The Bertz CT molecular complexity index is 2140. The average molecular weight is 791 g/mol. The molecule has 0 aliphatic carbocycles. The van der Waals surface area contributed by atoms with Crippen LogP contribution in [0, 0.1) is 0 Å². The van der Waals surface area contributed by atoms with E-state index in [9.17, 15) is 19.8 Å². The number of carbonyl (C=O) groups is 2. The first kappa shape index (κ1) is 46.9. The number of nitrogens with two attached hydrogens (primary N) is 2. The van der Waals surface area contributed by atoms with Crippen LogP contribution in [0.2, 0.25) is 0 Å². The molecule has 0 atom stereocenters. The maximum Gasteiger partial charge on any atom is 0.185 e. The number of allylic oxidation sites excluding steroid dienone is 2. The Hall–Kier alpha value is -5.50. The lowest BCUT2D eigenvalue weighted by atomic mass is 9.74. The summed E-state index contributed by atoms with van der Waals surface area (Å²) >= 11 is 0. The Kier molecular flexibility index (Phi) is 14.9. The van der Waals surface area contributed by atoms with Gasteiger partial charge in [0.15, 0.2) is 11.6 Å². The van der Waals surface area contributed by atoms with Gasteiger partial charge in [-0.05, 0) is 119 Å². The number of methoxy groups -OCH3 is 2. The van der Waals surface area contributed by atoms with Crippen LogP contribution < -0.4 is 20.9 Å².